The van der Waals surface area contributed by atoms with Crippen molar-refractivity contribution in [2.45, 2.75) is 258 Å². The van der Waals surface area contributed by atoms with Crippen molar-refractivity contribution in [3.63, 3.8) is 0 Å². The molecule has 0 saturated carbocycles. The van der Waals surface area contributed by atoms with Crippen LogP contribution < -0.4 is 0 Å². The maximum absolute atomic E-state index is 12.7. The van der Waals surface area contributed by atoms with Gasteiger partial charge in [0.05, 0.1) is 0 Å². The van der Waals surface area contributed by atoms with Gasteiger partial charge >= 0.3 is 17.9 Å². The number of hydrogen-bond donors (Lipinski definition) is 0. The van der Waals surface area contributed by atoms with Gasteiger partial charge in [0.25, 0.3) is 0 Å². The number of allylic oxidation sites excluding steroid dienone is 8. The zero-order valence-electron chi connectivity index (χ0n) is 39.0. The van der Waals surface area contributed by atoms with Crippen LogP contribution in [0.4, 0.5) is 0 Å². The van der Waals surface area contributed by atoms with Crippen LogP contribution in [-0.2, 0) is 28.6 Å². The maximum atomic E-state index is 12.7. The van der Waals surface area contributed by atoms with Gasteiger partial charge in [0.15, 0.2) is 6.10 Å². The van der Waals surface area contributed by atoms with Gasteiger partial charge in [0.1, 0.15) is 13.2 Å². The molecular formula is C53H94O6. The molecule has 0 radical (unpaired) electrons. The second kappa shape index (κ2) is 48.0. The summed E-state index contributed by atoms with van der Waals surface area (Å²) in [5.74, 6) is -0.920. The van der Waals surface area contributed by atoms with Crippen LogP contribution in [0.5, 0.6) is 0 Å². The van der Waals surface area contributed by atoms with Crippen molar-refractivity contribution >= 4 is 17.9 Å². The summed E-state index contributed by atoms with van der Waals surface area (Å²) < 4.78 is 16.7. The number of esters is 3. The van der Waals surface area contributed by atoms with E-state index in [-0.39, 0.29) is 31.1 Å². The Bertz CT molecular complexity index is 1040. The third kappa shape index (κ3) is 46.3. The first-order chi connectivity index (χ1) is 29.0. The second-order valence-corrected chi connectivity index (χ2v) is 16.7. The van der Waals surface area contributed by atoms with Gasteiger partial charge in [-0.2, -0.15) is 0 Å². The lowest BCUT2D eigenvalue weighted by atomic mass is 10.0. The quantitative estimate of drug-likeness (QED) is 0.0263. The zero-order valence-corrected chi connectivity index (χ0v) is 39.0. The average Bonchev–Trinajstić information content (AvgIpc) is 3.23. The van der Waals surface area contributed by atoms with E-state index in [2.05, 4.69) is 69.4 Å². The van der Waals surface area contributed by atoms with Gasteiger partial charge in [-0.1, -0.05) is 211 Å². The minimum Gasteiger partial charge on any atom is -0.462 e. The third-order valence-electron chi connectivity index (χ3n) is 10.8. The monoisotopic (exact) mass is 827 g/mol. The van der Waals surface area contributed by atoms with E-state index in [1.165, 1.54) is 122 Å². The maximum Gasteiger partial charge on any atom is 0.306 e. The van der Waals surface area contributed by atoms with E-state index in [4.69, 9.17) is 14.2 Å². The number of ether oxygens (including phenoxy) is 3. The normalized spacial score (nSPS) is 12.4. The summed E-state index contributed by atoms with van der Waals surface area (Å²) in [7, 11) is 0. The number of rotatable bonds is 45. The zero-order chi connectivity index (χ0) is 43.0. The Labute approximate surface area is 365 Å². The molecular weight excluding hydrogens is 733 g/mol. The van der Waals surface area contributed by atoms with Crippen LogP contribution in [0.1, 0.15) is 252 Å². The second-order valence-electron chi connectivity index (χ2n) is 16.7. The molecule has 0 bridgehead atoms. The van der Waals surface area contributed by atoms with Gasteiger partial charge in [-0.15, -0.1) is 0 Å². The van der Waals surface area contributed by atoms with Crippen LogP contribution in [0.2, 0.25) is 0 Å². The van der Waals surface area contributed by atoms with E-state index in [1.807, 2.05) is 0 Å². The number of unbranched alkanes of at least 4 members (excludes halogenated alkanes) is 26. The lowest BCUT2D eigenvalue weighted by Crippen LogP contribution is -2.30. The van der Waals surface area contributed by atoms with E-state index in [0.717, 1.165) is 89.9 Å². The van der Waals surface area contributed by atoms with Gasteiger partial charge in [0, 0.05) is 19.3 Å². The summed E-state index contributed by atoms with van der Waals surface area (Å²) in [6.07, 6.45) is 56.7. The number of carbonyl (C=O) groups excluding carboxylic acids is 3. The van der Waals surface area contributed by atoms with Crippen molar-refractivity contribution < 1.29 is 28.6 Å². The molecule has 59 heavy (non-hydrogen) atoms. The number of carbonyl (C=O) groups is 3. The van der Waals surface area contributed by atoms with Crippen molar-refractivity contribution in [1.82, 2.24) is 0 Å². The molecule has 1 unspecified atom stereocenters. The Balaban J connectivity index is 4.36. The van der Waals surface area contributed by atoms with E-state index >= 15 is 0 Å². The highest BCUT2D eigenvalue weighted by Gasteiger charge is 2.19. The Morgan fingerprint density at radius 1 is 0.356 bits per heavy atom. The molecule has 0 aliphatic rings. The third-order valence-corrected chi connectivity index (χ3v) is 10.8. The van der Waals surface area contributed by atoms with Crippen LogP contribution in [0.3, 0.4) is 0 Å². The molecule has 0 amide bonds. The molecule has 0 aromatic rings. The predicted molar refractivity (Wildman–Crippen MR) is 252 cm³/mol. The largest absolute Gasteiger partial charge is 0.462 e. The molecule has 0 heterocycles. The molecule has 0 aromatic heterocycles. The van der Waals surface area contributed by atoms with E-state index in [0.29, 0.717) is 19.3 Å². The molecule has 342 valence electrons. The molecule has 0 fully saturated rings. The van der Waals surface area contributed by atoms with E-state index in [9.17, 15) is 14.4 Å². The van der Waals surface area contributed by atoms with Crippen molar-refractivity contribution in [1.29, 1.82) is 0 Å². The molecule has 0 aromatic carbocycles. The lowest BCUT2D eigenvalue weighted by molar-refractivity contribution is -0.167. The molecule has 0 saturated heterocycles. The van der Waals surface area contributed by atoms with Crippen molar-refractivity contribution in [3.8, 4) is 0 Å². The minimum absolute atomic E-state index is 0.0855. The Morgan fingerprint density at radius 2 is 0.678 bits per heavy atom. The standard InChI is InChI=1S/C53H94O6/c1-4-7-10-13-16-19-22-24-25-26-27-29-31-34-37-40-43-46-52(55)58-49-50(48-57-51(54)45-42-39-36-33-30-21-18-15-12-9-6-3)59-53(56)47-44-41-38-35-32-28-23-20-17-14-11-8-5-2/h8,11,15,17-18,20,28,32,50H,4-7,9-10,12-14,16,19,21-27,29-31,33-49H2,1-3H3/b11-8-,18-15-,20-17-,32-28-. The van der Waals surface area contributed by atoms with Crippen LogP contribution in [0.25, 0.3) is 0 Å². The fraction of sp³-hybridized carbons (Fsp3) is 0.792. The SMILES string of the molecule is CC/C=C\C/C=C\C/C=C\CCCCCC(=O)OC(COC(=O)CCCCCCC/C=C\CCCC)COC(=O)CCCCCCCCCCCCCCCCCCC. The van der Waals surface area contributed by atoms with Gasteiger partial charge in [-0.05, 0) is 70.6 Å². The Morgan fingerprint density at radius 3 is 1.12 bits per heavy atom. The predicted octanol–water partition coefficient (Wildman–Crippen LogP) is 16.3. The van der Waals surface area contributed by atoms with Crippen LogP contribution in [0.15, 0.2) is 48.6 Å². The Kier molecular flexibility index (Phi) is 45.9. The van der Waals surface area contributed by atoms with Crippen molar-refractivity contribution in [2.24, 2.45) is 0 Å². The van der Waals surface area contributed by atoms with Gasteiger partial charge in [-0.3, -0.25) is 14.4 Å². The summed E-state index contributed by atoms with van der Waals surface area (Å²) in [6, 6.07) is 0. The van der Waals surface area contributed by atoms with Gasteiger partial charge < -0.3 is 14.2 Å². The lowest BCUT2D eigenvalue weighted by Gasteiger charge is -2.18. The first-order valence-electron chi connectivity index (χ1n) is 25.1. The Hall–Kier alpha value is -2.63. The first kappa shape index (κ1) is 56.4. The summed E-state index contributed by atoms with van der Waals surface area (Å²) >= 11 is 0. The van der Waals surface area contributed by atoms with Gasteiger partial charge in [0.2, 0.25) is 0 Å². The molecule has 0 spiro atoms. The fourth-order valence-electron chi connectivity index (χ4n) is 7.03. The molecule has 6 nitrogen and oxygen atoms in total. The smallest absolute Gasteiger partial charge is 0.306 e. The van der Waals surface area contributed by atoms with Gasteiger partial charge in [-0.25, -0.2) is 0 Å². The molecule has 0 aliphatic carbocycles. The average molecular weight is 827 g/mol. The van der Waals surface area contributed by atoms with E-state index < -0.39 is 6.10 Å². The highest BCUT2D eigenvalue weighted by atomic mass is 16.6. The highest BCUT2D eigenvalue weighted by molar-refractivity contribution is 5.71. The molecule has 0 rings (SSSR count). The molecule has 0 N–H and O–H groups in total. The summed E-state index contributed by atoms with van der Waals surface area (Å²) in [6.45, 7) is 6.46. The minimum atomic E-state index is -0.787. The van der Waals surface area contributed by atoms with Crippen LogP contribution in [0, 0.1) is 0 Å². The number of hydrogen-bond acceptors (Lipinski definition) is 6. The fourth-order valence-corrected chi connectivity index (χ4v) is 7.03. The topological polar surface area (TPSA) is 78.9 Å². The first-order valence-corrected chi connectivity index (χ1v) is 25.1. The van der Waals surface area contributed by atoms with Crippen LogP contribution in [-0.4, -0.2) is 37.2 Å². The summed E-state index contributed by atoms with van der Waals surface area (Å²) in [4.78, 5) is 37.9. The molecule has 6 heteroatoms. The van der Waals surface area contributed by atoms with Crippen molar-refractivity contribution in [3.05, 3.63) is 48.6 Å². The van der Waals surface area contributed by atoms with Crippen LogP contribution >= 0.6 is 0 Å². The summed E-state index contributed by atoms with van der Waals surface area (Å²) in [5.41, 5.74) is 0. The highest BCUT2D eigenvalue weighted by Crippen LogP contribution is 2.15. The molecule has 0 aliphatic heterocycles. The molecule has 1 atom stereocenters. The summed E-state index contributed by atoms with van der Waals surface area (Å²) in [5, 5.41) is 0. The van der Waals surface area contributed by atoms with E-state index in [1.54, 1.807) is 0 Å². The van der Waals surface area contributed by atoms with Crippen molar-refractivity contribution in [2.75, 3.05) is 13.2 Å².